The summed E-state index contributed by atoms with van der Waals surface area (Å²) in [6, 6.07) is 6.53. The number of hydrogen-bond donors (Lipinski definition) is 0. The fraction of sp³-hybridized carbons (Fsp3) is 0.478. The lowest BCUT2D eigenvalue weighted by Gasteiger charge is -2.34. The van der Waals surface area contributed by atoms with E-state index in [-0.39, 0.29) is 42.5 Å². The second kappa shape index (κ2) is 9.82. The molecule has 0 saturated carbocycles. The third-order valence-electron chi connectivity index (χ3n) is 5.86. The molecule has 10 heteroatoms. The van der Waals surface area contributed by atoms with Crippen molar-refractivity contribution in [1.82, 2.24) is 9.21 Å². The Kier molecular flexibility index (Phi) is 7.06. The molecule has 2 aliphatic rings. The van der Waals surface area contributed by atoms with Gasteiger partial charge in [0.2, 0.25) is 15.9 Å². The summed E-state index contributed by atoms with van der Waals surface area (Å²) in [6.45, 7) is 5.90. The first-order valence-electron chi connectivity index (χ1n) is 11.0. The molecule has 1 aromatic heterocycles. The van der Waals surface area contributed by atoms with Gasteiger partial charge in [-0.25, -0.2) is 8.42 Å². The molecule has 3 heterocycles. The Labute approximate surface area is 198 Å². The Hall–Kier alpha value is -2.43. The van der Waals surface area contributed by atoms with Crippen molar-refractivity contribution in [1.29, 1.82) is 0 Å². The summed E-state index contributed by atoms with van der Waals surface area (Å²) in [5, 5.41) is 0. The summed E-state index contributed by atoms with van der Waals surface area (Å²) in [6.07, 6.45) is 1.03. The highest BCUT2D eigenvalue weighted by atomic mass is 32.2. The average molecular weight is 493 g/mol. The second-order valence-electron chi connectivity index (χ2n) is 8.19. The molecular formula is C23H28N2O6S2. The molecule has 2 aromatic rings. The topological polar surface area (TPSA) is 93.2 Å². The summed E-state index contributed by atoms with van der Waals surface area (Å²) < 4.78 is 38.8. The first-order chi connectivity index (χ1) is 15.8. The molecule has 0 spiro atoms. The fourth-order valence-electron chi connectivity index (χ4n) is 4.05. The zero-order chi connectivity index (χ0) is 23.6. The Bertz CT molecular complexity index is 1150. The van der Waals surface area contributed by atoms with E-state index in [0.717, 1.165) is 16.2 Å². The number of carbonyl (C=O) groups excluding carboxylic acids is 2. The van der Waals surface area contributed by atoms with Gasteiger partial charge in [0.15, 0.2) is 17.3 Å². The number of hydrogen-bond acceptors (Lipinski definition) is 7. The summed E-state index contributed by atoms with van der Waals surface area (Å²) in [5.74, 6) is 0.828. The maximum Gasteiger partial charge on any atom is 0.243 e. The molecule has 0 bridgehead atoms. The van der Waals surface area contributed by atoms with Crippen LogP contribution in [0.4, 0.5) is 0 Å². The average Bonchev–Trinajstić information content (AvgIpc) is 2.99. The molecule has 0 unspecified atom stereocenters. The van der Waals surface area contributed by atoms with Crippen molar-refractivity contribution in [2.45, 2.75) is 38.0 Å². The van der Waals surface area contributed by atoms with Crippen LogP contribution in [-0.2, 0) is 14.8 Å². The standard InChI is InChI=1S/C23H28N2O6S2/c1-16-14-19(17(2)32-16)20(26)5-7-23(27)24-8-10-25(11-9-24)33(28,29)18-4-6-21-22(15-18)31-13-3-12-30-21/h4,6,14-15H,3,5,7-13H2,1-2H3. The summed E-state index contributed by atoms with van der Waals surface area (Å²) in [7, 11) is -3.71. The van der Waals surface area contributed by atoms with Gasteiger partial charge >= 0.3 is 0 Å². The van der Waals surface area contributed by atoms with Gasteiger partial charge in [0.1, 0.15) is 0 Å². The third kappa shape index (κ3) is 5.23. The first kappa shape index (κ1) is 23.7. The number of rotatable bonds is 6. The minimum Gasteiger partial charge on any atom is -0.490 e. The number of piperazine rings is 1. The molecule has 2 aliphatic heterocycles. The molecule has 0 aliphatic carbocycles. The number of Topliss-reactive ketones (excluding diaryl/α,β-unsaturated/α-hetero) is 1. The molecule has 0 radical (unpaired) electrons. The van der Waals surface area contributed by atoms with Crippen LogP contribution in [0, 0.1) is 13.8 Å². The SMILES string of the molecule is Cc1cc(C(=O)CCC(=O)N2CCN(S(=O)(=O)c3ccc4c(c3)OCCCO4)CC2)c(C)s1. The number of ketones is 1. The fourth-order valence-corrected chi connectivity index (χ4v) is 6.43. The highest BCUT2D eigenvalue weighted by Gasteiger charge is 2.31. The molecule has 0 atom stereocenters. The van der Waals surface area contributed by atoms with Gasteiger partial charge in [-0.15, -0.1) is 11.3 Å². The molecule has 0 N–H and O–H groups in total. The first-order valence-corrected chi connectivity index (χ1v) is 13.3. The summed E-state index contributed by atoms with van der Waals surface area (Å²) in [5.41, 5.74) is 0.691. The van der Waals surface area contributed by atoms with Crippen molar-refractivity contribution >= 4 is 33.1 Å². The van der Waals surface area contributed by atoms with E-state index in [1.54, 1.807) is 22.3 Å². The van der Waals surface area contributed by atoms with Crippen molar-refractivity contribution in [2.75, 3.05) is 39.4 Å². The summed E-state index contributed by atoms with van der Waals surface area (Å²) in [4.78, 5) is 28.9. The van der Waals surface area contributed by atoms with Crippen molar-refractivity contribution in [3.8, 4) is 11.5 Å². The largest absolute Gasteiger partial charge is 0.490 e. The number of carbonyl (C=O) groups is 2. The zero-order valence-electron chi connectivity index (χ0n) is 18.8. The van der Waals surface area contributed by atoms with Gasteiger partial charge in [0, 0.05) is 66.8 Å². The minimum absolute atomic E-state index is 0.0270. The summed E-state index contributed by atoms with van der Waals surface area (Å²) >= 11 is 1.58. The van der Waals surface area contributed by atoms with Gasteiger partial charge in [0.25, 0.3) is 0 Å². The predicted octanol–water partition coefficient (Wildman–Crippen LogP) is 3.02. The van der Waals surface area contributed by atoms with Crippen molar-refractivity contribution in [2.24, 2.45) is 0 Å². The smallest absolute Gasteiger partial charge is 0.243 e. The van der Waals surface area contributed by atoms with Crippen LogP contribution >= 0.6 is 11.3 Å². The van der Waals surface area contributed by atoms with E-state index in [2.05, 4.69) is 0 Å². The number of thiophene rings is 1. The van der Waals surface area contributed by atoms with Gasteiger partial charge in [-0.3, -0.25) is 9.59 Å². The molecule has 4 rings (SSSR count). The number of sulfonamides is 1. The predicted molar refractivity (Wildman–Crippen MR) is 125 cm³/mol. The minimum atomic E-state index is -3.71. The normalized spacial score (nSPS) is 17.0. The van der Waals surface area contributed by atoms with E-state index in [4.69, 9.17) is 9.47 Å². The lowest BCUT2D eigenvalue weighted by Crippen LogP contribution is -2.50. The van der Waals surface area contributed by atoms with Crippen LogP contribution in [0.1, 0.15) is 39.4 Å². The van der Waals surface area contributed by atoms with E-state index in [0.29, 0.717) is 43.4 Å². The quantitative estimate of drug-likeness (QED) is 0.576. The molecule has 1 amide bonds. The van der Waals surface area contributed by atoms with E-state index in [1.165, 1.54) is 16.4 Å². The molecule has 1 aromatic carbocycles. The molecule has 8 nitrogen and oxygen atoms in total. The number of fused-ring (bicyclic) bond motifs is 1. The maximum absolute atomic E-state index is 13.1. The van der Waals surface area contributed by atoms with Crippen molar-refractivity contribution in [3.63, 3.8) is 0 Å². The van der Waals surface area contributed by atoms with Crippen LogP contribution in [0.5, 0.6) is 11.5 Å². The number of nitrogens with zero attached hydrogens (tertiary/aromatic N) is 2. The monoisotopic (exact) mass is 492 g/mol. The molecule has 1 fully saturated rings. The van der Waals surface area contributed by atoms with Gasteiger partial charge in [-0.05, 0) is 32.0 Å². The second-order valence-corrected chi connectivity index (χ2v) is 11.6. The van der Waals surface area contributed by atoms with E-state index in [9.17, 15) is 18.0 Å². The number of ether oxygens (including phenoxy) is 2. The van der Waals surface area contributed by atoms with Gasteiger partial charge in [-0.2, -0.15) is 4.31 Å². The molecule has 178 valence electrons. The Balaban J connectivity index is 1.33. The van der Waals surface area contributed by atoms with Gasteiger partial charge in [-0.1, -0.05) is 0 Å². The lowest BCUT2D eigenvalue weighted by molar-refractivity contribution is -0.132. The lowest BCUT2D eigenvalue weighted by atomic mass is 10.1. The number of amides is 1. The van der Waals surface area contributed by atoms with Crippen LogP contribution < -0.4 is 9.47 Å². The number of benzene rings is 1. The molecular weight excluding hydrogens is 464 g/mol. The number of aryl methyl sites for hydroxylation is 2. The Morgan fingerprint density at radius 1 is 0.970 bits per heavy atom. The molecule has 33 heavy (non-hydrogen) atoms. The third-order valence-corrected chi connectivity index (χ3v) is 8.72. The van der Waals surface area contributed by atoms with E-state index < -0.39 is 10.0 Å². The van der Waals surface area contributed by atoms with Crippen LogP contribution in [-0.4, -0.2) is 68.7 Å². The Morgan fingerprint density at radius 3 is 2.33 bits per heavy atom. The van der Waals surface area contributed by atoms with Crippen LogP contribution in [0.25, 0.3) is 0 Å². The maximum atomic E-state index is 13.1. The van der Waals surface area contributed by atoms with Gasteiger partial charge in [0.05, 0.1) is 18.1 Å². The van der Waals surface area contributed by atoms with E-state index >= 15 is 0 Å². The van der Waals surface area contributed by atoms with Crippen LogP contribution in [0.2, 0.25) is 0 Å². The molecule has 1 saturated heterocycles. The highest BCUT2D eigenvalue weighted by Crippen LogP contribution is 2.33. The highest BCUT2D eigenvalue weighted by molar-refractivity contribution is 7.89. The van der Waals surface area contributed by atoms with E-state index in [1.807, 2.05) is 19.9 Å². The Morgan fingerprint density at radius 2 is 1.67 bits per heavy atom. The van der Waals surface area contributed by atoms with Crippen LogP contribution in [0.3, 0.4) is 0 Å². The van der Waals surface area contributed by atoms with Crippen molar-refractivity contribution < 1.29 is 27.5 Å². The van der Waals surface area contributed by atoms with Crippen molar-refractivity contribution in [3.05, 3.63) is 39.6 Å². The zero-order valence-corrected chi connectivity index (χ0v) is 20.5. The van der Waals surface area contributed by atoms with Gasteiger partial charge < -0.3 is 14.4 Å². The van der Waals surface area contributed by atoms with Crippen LogP contribution in [0.15, 0.2) is 29.2 Å².